The standard InChI is InChI=1S/C97H150N24O25S/c1-21-52(13)76(95(143)114-68-48-147-43-40-100-92(140)74(50(9)10)115-86(134)65(44-49(7)8)112-89(68)137)117-84(132)60(24-4)106-88(136)67(47-122)105-73(125)46-101-82(130)63(36-38-71(98)123)111-94(142)77(53(14)22-2)118-93(141)75(51(11)12)116-87(135)66(45-58-32-28-27-29-33-58)113-85(133)64(37-39-72(99)124)110-80(128)55(16)102-78(126)54(15)103-83(131)59(23-3)107-91(139)70-35-31-42-120(70)96(144)61(25-5)108-79(127)56(17)104-90(138)69-34-30-41-119(69)97(145)62(26-6)109-81(129)57(18)121(19,20)146/h23-29,32-33,40,43,49-57,63-70,74-77,122H,21-22,30-31,34-39,41-42,44-48H2,1-20H3,(H2,98,123)(H2,99,124)(H,100,140)(H,101,130)(H,102,126)(H,103,131)(H,104,138)(H,105,125)(H,106,136)(H,107,139)(H,108,127)(H,109,129)(H,110,128)(H,111,142)(H,112,137)(H,113,133)(H,114,143)(H,115,134)(H,116,135)(H,117,132)(H,118,141)/b43-40-,59-23-,60-24-,61-25-,62-26-/t52-,53-,54-,55-,56-,57+,63-,64-,65+,66+,67+,68+,69-,70-,74+,75+,76-,77-/m1/s1. The summed E-state index contributed by atoms with van der Waals surface area (Å²) in [4.78, 5) is 110. The van der Waals surface area contributed by atoms with Gasteiger partial charge in [0.25, 0.3) is 11.8 Å². The van der Waals surface area contributed by atoms with Crippen LogP contribution in [0.15, 0.2) is 184 Å². The van der Waals surface area contributed by atoms with E-state index in [1.54, 1.807) is 85.7 Å². The second-order valence-electron chi connectivity index (χ2n) is 36.7. The fourth-order valence-corrected chi connectivity index (χ4v) is 15.0. The summed E-state index contributed by atoms with van der Waals surface area (Å²) in [5, 5.41) is 277. The molecule has 147 heavy (non-hydrogen) atoms. The van der Waals surface area contributed by atoms with Crippen LogP contribution < -0.4 is 0 Å². The molecule has 0 spiro atoms. The van der Waals surface area contributed by atoms with Crippen molar-refractivity contribution in [1.29, 1.82) is 10.8 Å². The molecule has 49 nitrogen and oxygen atoms in total. The highest BCUT2D eigenvalue weighted by molar-refractivity contribution is 8.02. The van der Waals surface area contributed by atoms with E-state index < -0.39 is 293 Å². The number of amides is 2. The third kappa shape index (κ3) is 39.7. The average molecular weight is 2080 g/mol. The third-order valence-electron chi connectivity index (χ3n) is 23.7. The summed E-state index contributed by atoms with van der Waals surface area (Å²) in [5.74, 6) is -19.9. The molecule has 2 saturated heterocycles. The zero-order valence-corrected chi connectivity index (χ0v) is 87.6. The van der Waals surface area contributed by atoms with Crippen molar-refractivity contribution in [3.8, 4) is 0 Å². The number of carbonyl (C=O) groups is 2. The Hall–Kier alpha value is -14.0. The molecule has 0 aliphatic carbocycles. The van der Waals surface area contributed by atoms with Crippen molar-refractivity contribution in [2.24, 2.45) is 124 Å². The van der Waals surface area contributed by atoms with Crippen molar-refractivity contribution in [3.63, 3.8) is 0 Å². The third-order valence-corrected chi connectivity index (χ3v) is 24.5. The van der Waals surface area contributed by atoms with E-state index in [2.05, 4.69) is 94.9 Å². The summed E-state index contributed by atoms with van der Waals surface area (Å²) < 4.78 is -0.924. The SMILES string of the molecule is C/C=C(\N=C(O)[C@@H](C)N=C(O)[C@H]1CCCN1C(=O)/C(=C/C)N=C(O)[C@H](C)[N+](C)(C)[O-])C(=O)N1CCC[C@@H]1C(O)=N/C(=C\C)C(O)=N[C@H](C)C(O)=N[C@H](C)C(O)=N[C@H](CCC(=N)O)C(O)=N[C@@H](Cc1ccccc1)C(O)=N[C@H](C(O)=N[C@@H](C(O)=N[C@H](CCC(=N)O)C(O)=NCC(O)=N[C@@H](CO)C(O)=N/C(=C\C)C(O)=N[C@@H](C(O)=N[C@H]1CS/C=C\N=C(O)[C@H](C(C)C)N=C(O)[C@H](CC(C)C)N=C1O)[C@H](C)CC)[C@H](C)CC)C(C)C. The Morgan fingerprint density at radius 3 is 1.49 bits per heavy atom. The number of hydroxylamine groups is 3. The first-order chi connectivity index (χ1) is 69.0. The van der Waals surface area contributed by atoms with Crippen molar-refractivity contribution in [3.05, 3.63) is 99.8 Å². The van der Waals surface area contributed by atoms with Crippen LogP contribution in [0.4, 0.5) is 0 Å². The van der Waals surface area contributed by atoms with Gasteiger partial charge < -0.3 is 132 Å². The van der Waals surface area contributed by atoms with E-state index in [1.165, 1.54) is 115 Å². The number of hydrogen-bond acceptors (Lipinski definition) is 26. The fourth-order valence-electron chi connectivity index (χ4n) is 14.3. The van der Waals surface area contributed by atoms with Gasteiger partial charge in [0.1, 0.15) is 114 Å². The van der Waals surface area contributed by atoms with Crippen molar-refractivity contribution < 1.29 is 127 Å². The van der Waals surface area contributed by atoms with Crippen LogP contribution in [0, 0.1) is 45.6 Å². The van der Waals surface area contributed by atoms with Crippen LogP contribution in [0.5, 0.6) is 0 Å². The highest BCUT2D eigenvalue weighted by Crippen LogP contribution is 2.29. The maximum Gasteiger partial charge on any atom is 0.272 e. The van der Waals surface area contributed by atoms with Gasteiger partial charge in [0, 0.05) is 44.3 Å². The second-order valence-corrected chi connectivity index (χ2v) is 37.7. The van der Waals surface area contributed by atoms with Crippen LogP contribution >= 0.6 is 11.8 Å². The summed E-state index contributed by atoms with van der Waals surface area (Å²) in [6, 6.07) is -13.2. The summed E-state index contributed by atoms with van der Waals surface area (Å²) in [6.07, 6.45) is 6.41. The Bertz CT molecular complexity index is 5410. The molecule has 3 aliphatic heterocycles. The number of benzene rings is 1. The van der Waals surface area contributed by atoms with E-state index >= 15 is 0 Å². The molecular weight excluding hydrogens is 1930 g/mol. The van der Waals surface area contributed by atoms with Crippen molar-refractivity contribution in [2.75, 3.05) is 46.1 Å². The molecule has 50 heteroatoms. The number of aliphatic hydroxyl groups excluding tert-OH is 22. The molecule has 2 amide bonds. The second kappa shape index (κ2) is 60.8. The lowest BCUT2D eigenvalue weighted by Crippen LogP contribution is -2.46. The van der Waals surface area contributed by atoms with E-state index in [9.17, 15) is 127 Å². The molecule has 3 aliphatic rings. The minimum Gasteiger partial charge on any atom is -0.633 e. The maximum atomic E-state index is 14.2. The molecule has 1 aromatic rings. The molecule has 3 heterocycles. The molecule has 0 unspecified atom stereocenters. The van der Waals surface area contributed by atoms with Crippen LogP contribution in [-0.4, -0.2) is 405 Å². The number of rotatable bonds is 52. The number of aliphatic imine (C=N–C) groups is 19. The molecule has 18 atom stereocenters. The summed E-state index contributed by atoms with van der Waals surface area (Å²) in [6.45, 7) is 26.7. The summed E-state index contributed by atoms with van der Waals surface area (Å²) in [5.41, 5.74) is -0.740. The lowest BCUT2D eigenvalue weighted by atomic mass is 9.98. The number of nitrogens with zero attached hydrogens (tertiary/aromatic N) is 22. The van der Waals surface area contributed by atoms with Crippen LogP contribution in [0.1, 0.15) is 201 Å². The molecule has 814 valence electrons. The van der Waals surface area contributed by atoms with Gasteiger partial charge in [0.05, 0.1) is 20.7 Å². The normalized spacial score (nSPS) is 22.2. The van der Waals surface area contributed by atoms with Crippen molar-refractivity contribution in [2.45, 2.75) is 298 Å². The molecular formula is C97H150N24O25S. The largest absolute Gasteiger partial charge is 0.633 e. The number of likely N-dealkylation sites (N-methyl/N-ethyl adjacent to an activating group) is 1. The number of likely N-dealkylation sites (tertiary alicyclic amines) is 2. The Morgan fingerprint density at radius 2 is 0.973 bits per heavy atom. The summed E-state index contributed by atoms with van der Waals surface area (Å²) >= 11 is 1.09. The average Bonchev–Trinajstić information content (AvgIpc) is 1.69. The van der Waals surface area contributed by atoms with Gasteiger partial charge in [0.2, 0.25) is 112 Å². The van der Waals surface area contributed by atoms with Crippen LogP contribution in [0.3, 0.4) is 0 Å². The number of carbonyl (C=O) groups excluding carboxylic acids is 2. The van der Waals surface area contributed by atoms with Gasteiger partial charge in [-0.15, -0.1) is 11.8 Å². The molecule has 0 aromatic heterocycles. The van der Waals surface area contributed by atoms with Gasteiger partial charge in [-0.05, 0) is 141 Å². The first-order valence-electron chi connectivity index (χ1n) is 48.4. The predicted octanol–water partition coefficient (Wildman–Crippen LogP) is 14.1. The highest BCUT2D eigenvalue weighted by Gasteiger charge is 2.40. The number of allylic oxidation sites excluding steroid dienone is 4. The van der Waals surface area contributed by atoms with Gasteiger partial charge >= 0.3 is 0 Å². The Balaban J connectivity index is 1.65. The molecule has 0 saturated carbocycles. The number of nitrogens with one attached hydrogen (secondary N) is 2. The Labute approximate surface area is 859 Å². The zero-order valence-electron chi connectivity index (χ0n) is 86.8. The van der Waals surface area contributed by atoms with Gasteiger partial charge in [-0.3, -0.25) is 20.4 Å². The van der Waals surface area contributed by atoms with E-state index in [-0.39, 0.29) is 85.8 Å². The molecule has 0 radical (unpaired) electrons. The number of thioether (sulfide) groups is 1. The van der Waals surface area contributed by atoms with E-state index in [4.69, 9.17) is 10.8 Å². The smallest absolute Gasteiger partial charge is 0.272 e. The monoisotopic (exact) mass is 2080 g/mol. The van der Waals surface area contributed by atoms with Gasteiger partial charge in [-0.25, -0.2) is 94.9 Å². The number of hydrogen-bond donors (Lipinski definition) is 24. The molecule has 24 N–H and O–H groups in total. The quantitative estimate of drug-likeness (QED) is 0.00947. The molecule has 1 aromatic carbocycles. The minimum atomic E-state index is -1.78. The first-order valence-corrected chi connectivity index (χ1v) is 49.4. The van der Waals surface area contributed by atoms with E-state index in [0.717, 1.165) is 11.8 Å². The minimum absolute atomic E-state index is 0.0629. The van der Waals surface area contributed by atoms with Gasteiger partial charge in [-0.2, -0.15) is 0 Å². The van der Waals surface area contributed by atoms with Crippen molar-refractivity contribution >= 4 is 147 Å². The molecule has 2 fully saturated rings. The lowest BCUT2D eigenvalue weighted by Gasteiger charge is -2.38. The van der Waals surface area contributed by atoms with Crippen LogP contribution in [0.25, 0.3) is 0 Å². The molecule has 4 rings (SSSR count). The van der Waals surface area contributed by atoms with Crippen LogP contribution in [-0.2, 0) is 16.0 Å². The Morgan fingerprint density at radius 1 is 0.503 bits per heavy atom. The topological polar surface area (TPSA) is 791 Å². The van der Waals surface area contributed by atoms with E-state index in [1.807, 2.05) is 13.8 Å². The van der Waals surface area contributed by atoms with Crippen molar-refractivity contribution in [1.82, 2.24) is 9.80 Å². The summed E-state index contributed by atoms with van der Waals surface area (Å²) in [7, 11) is 2.61. The van der Waals surface area contributed by atoms with Gasteiger partial charge in [0.15, 0.2) is 23.9 Å². The highest BCUT2D eigenvalue weighted by atomic mass is 32.2. The van der Waals surface area contributed by atoms with Crippen LogP contribution in [0.2, 0.25) is 0 Å². The maximum absolute atomic E-state index is 14.2. The fraction of sp³-hybridized carbons (Fsp3) is 0.598. The van der Waals surface area contributed by atoms with E-state index in [0.29, 0.717) is 24.8 Å². The molecule has 0 bridgehead atoms. The predicted molar refractivity (Wildman–Crippen MR) is 578 cm³/mol. The number of aliphatic hydroxyl groups is 22. The van der Waals surface area contributed by atoms with Gasteiger partial charge in [-0.1, -0.05) is 137 Å². The number of quaternary nitrogens is 1. The zero-order chi connectivity index (χ0) is 111. The Kier molecular flexibility index (Phi) is 51.8. The lowest BCUT2D eigenvalue weighted by molar-refractivity contribution is -0.854. The first kappa shape index (κ1) is 125.